The zero-order valence-corrected chi connectivity index (χ0v) is 9.70. The molecule has 1 saturated carbocycles. The van der Waals surface area contributed by atoms with Crippen molar-refractivity contribution in [2.45, 2.75) is 32.0 Å². The Kier molecular flexibility index (Phi) is 4.39. The summed E-state index contributed by atoms with van der Waals surface area (Å²) >= 11 is 0. The van der Waals surface area contributed by atoms with Gasteiger partial charge in [-0.3, -0.25) is 0 Å². The quantitative estimate of drug-likeness (QED) is 0.684. The van der Waals surface area contributed by atoms with Crippen LogP contribution in [0.3, 0.4) is 0 Å². The molecule has 1 fully saturated rings. The van der Waals surface area contributed by atoms with Crippen molar-refractivity contribution in [3.8, 4) is 0 Å². The predicted octanol–water partition coefficient (Wildman–Crippen LogP) is 1.69. The van der Waals surface area contributed by atoms with E-state index in [1.807, 2.05) is 12.1 Å². The molecular formula is C12H19NO3. The van der Waals surface area contributed by atoms with Crippen molar-refractivity contribution in [3.63, 3.8) is 0 Å². The molecule has 1 heterocycles. The van der Waals surface area contributed by atoms with Gasteiger partial charge < -0.3 is 19.2 Å². The molecule has 4 nitrogen and oxygen atoms in total. The van der Waals surface area contributed by atoms with Crippen LogP contribution in [-0.2, 0) is 22.6 Å². The Bertz CT molecular complexity index is 307. The topological polar surface area (TPSA) is 43.6 Å². The first-order valence-corrected chi connectivity index (χ1v) is 5.76. The molecule has 0 amide bonds. The largest absolute Gasteiger partial charge is 0.462 e. The van der Waals surface area contributed by atoms with Crippen LogP contribution in [-0.4, -0.2) is 26.4 Å². The average Bonchev–Trinajstić information content (AvgIpc) is 3.02. The lowest BCUT2D eigenvalue weighted by atomic mass is 10.4. The van der Waals surface area contributed by atoms with E-state index in [0.717, 1.165) is 18.1 Å². The SMILES string of the molecule is COCCOCc1ccc(CNC2CC2)o1. The fourth-order valence-electron chi connectivity index (χ4n) is 1.44. The van der Waals surface area contributed by atoms with Crippen molar-refractivity contribution in [2.75, 3.05) is 20.3 Å². The van der Waals surface area contributed by atoms with Crippen LogP contribution in [0.15, 0.2) is 16.5 Å². The Balaban J connectivity index is 1.64. The molecule has 0 unspecified atom stereocenters. The molecule has 16 heavy (non-hydrogen) atoms. The first-order valence-electron chi connectivity index (χ1n) is 5.76. The molecule has 1 N–H and O–H groups in total. The highest BCUT2D eigenvalue weighted by atomic mass is 16.5. The lowest BCUT2D eigenvalue weighted by molar-refractivity contribution is 0.0533. The summed E-state index contributed by atoms with van der Waals surface area (Å²) in [5, 5.41) is 3.41. The third-order valence-corrected chi connectivity index (χ3v) is 2.54. The first-order chi connectivity index (χ1) is 7.88. The van der Waals surface area contributed by atoms with Crippen molar-refractivity contribution in [1.82, 2.24) is 5.32 Å². The van der Waals surface area contributed by atoms with Crippen LogP contribution in [0, 0.1) is 0 Å². The summed E-state index contributed by atoms with van der Waals surface area (Å²) in [6, 6.07) is 4.69. The Morgan fingerprint density at radius 2 is 2.12 bits per heavy atom. The molecule has 1 aliphatic rings. The third-order valence-electron chi connectivity index (χ3n) is 2.54. The van der Waals surface area contributed by atoms with Gasteiger partial charge in [-0.2, -0.15) is 0 Å². The molecule has 1 aromatic rings. The minimum absolute atomic E-state index is 0.521. The molecule has 0 spiro atoms. The minimum Gasteiger partial charge on any atom is -0.462 e. The molecule has 0 radical (unpaired) electrons. The van der Waals surface area contributed by atoms with Crippen LogP contribution >= 0.6 is 0 Å². The van der Waals surface area contributed by atoms with Gasteiger partial charge in [0.05, 0.1) is 19.8 Å². The Hall–Kier alpha value is -0.840. The molecule has 2 rings (SSSR count). The highest BCUT2D eigenvalue weighted by molar-refractivity contribution is 5.06. The number of hydrogen-bond donors (Lipinski definition) is 1. The van der Waals surface area contributed by atoms with E-state index in [1.54, 1.807) is 7.11 Å². The maximum atomic E-state index is 5.61. The maximum absolute atomic E-state index is 5.61. The van der Waals surface area contributed by atoms with Gasteiger partial charge in [0, 0.05) is 13.2 Å². The molecule has 0 bridgehead atoms. The predicted molar refractivity (Wildman–Crippen MR) is 60.1 cm³/mol. The highest BCUT2D eigenvalue weighted by Gasteiger charge is 2.20. The van der Waals surface area contributed by atoms with E-state index in [1.165, 1.54) is 12.8 Å². The number of hydrogen-bond acceptors (Lipinski definition) is 4. The van der Waals surface area contributed by atoms with Gasteiger partial charge in [0.1, 0.15) is 18.1 Å². The van der Waals surface area contributed by atoms with Crippen LogP contribution in [0.1, 0.15) is 24.4 Å². The van der Waals surface area contributed by atoms with Gasteiger partial charge in [0.25, 0.3) is 0 Å². The van der Waals surface area contributed by atoms with Crippen molar-refractivity contribution in [3.05, 3.63) is 23.7 Å². The van der Waals surface area contributed by atoms with Crippen LogP contribution < -0.4 is 5.32 Å². The molecule has 1 aromatic heterocycles. The van der Waals surface area contributed by atoms with Crippen LogP contribution in [0.25, 0.3) is 0 Å². The fourth-order valence-corrected chi connectivity index (χ4v) is 1.44. The smallest absolute Gasteiger partial charge is 0.129 e. The number of furan rings is 1. The van der Waals surface area contributed by atoms with Crippen LogP contribution in [0.4, 0.5) is 0 Å². The molecule has 0 aromatic carbocycles. The van der Waals surface area contributed by atoms with E-state index in [9.17, 15) is 0 Å². The second-order valence-electron chi connectivity index (χ2n) is 4.07. The molecule has 1 aliphatic carbocycles. The van der Waals surface area contributed by atoms with Crippen LogP contribution in [0.5, 0.6) is 0 Å². The first kappa shape index (κ1) is 11.6. The van der Waals surface area contributed by atoms with E-state index in [2.05, 4.69) is 5.32 Å². The number of ether oxygens (including phenoxy) is 2. The van der Waals surface area contributed by atoms with Gasteiger partial charge in [-0.05, 0) is 25.0 Å². The third kappa shape index (κ3) is 3.96. The molecule has 90 valence electrons. The summed E-state index contributed by atoms with van der Waals surface area (Å²) in [7, 11) is 1.66. The molecule has 0 aliphatic heterocycles. The molecule has 0 atom stereocenters. The normalized spacial score (nSPS) is 15.6. The number of rotatable bonds is 8. The van der Waals surface area contributed by atoms with Gasteiger partial charge in [0.2, 0.25) is 0 Å². The summed E-state index contributed by atoms with van der Waals surface area (Å²) in [5.74, 6) is 1.86. The Labute approximate surface area is 95.9 Å². The Morgan fingerprint density at radius 1 is 1.31 bits per heavy atom. The second kappa shape index (κ2) is 6.03. The zero-order valence-electron chi connectivity index (χ0n) is 9.70. The summed E-state index contributed by atoms with van der Waals surface area (Å²) in [5.41, 5.74) is 0. The molecular weight excluding hydrogens is 206 g/mol. The van der Waals surface area contributed by atoms with E-state index in [0.29, 0.717) is 25.9 Å². The van der Waals surface area contributed by atoms with E-state index in [-0.39, 0.29) is 0 Å². The van der Waals surface area contributed by atoms with Crippen molar-refractivity contribution in [1.29, 1.82) is 0 Å². The van der Waals surface area contributed by atoms with E-state index in [4.69, 9.17) is 13.9 Å². The summed E-state index contributed by atoms with van der Waals surface area (Å²) < 4.78 is 15.9. The van der Waals surface area contributed by atoms with Crippen molar-refractivity contribution >= 4 is 0 Å². The van der Waals surface area contributed by atoms with E-state index < -0.39 is 0 Å². The van der Waals surface area contributed by atoms with Gasteiger partial charge in [-0.25, -0.2) is 0 Å². The summed E-state index contributed by atoms with van der Waals surface area (Å²) in [6.07, 6.45) is 2.60. The van der Waals surface area contributed by atoms with Gasteiger partial charge in [-0.15, -0.1) is 0 Å². The van der Waals surface area contributed by atoms with Crippen LogP contribution in [0.2, 0.25) is 0 Å². The van der Waals surface area contributed by atoms with Gasteiger partial charge in [-0.1, -0.05) is 0 Å². The monoisotopic (exact) mass is 225 g/mol. The van der Waals surface area contributed by atoms with Gasteiger partial charge >= 0.3 is 0 Å². The minimum atomic E-state index is 0.521. The highest BCUT2D eigenvalue weighted by Crippen LogP contribution is 2.19. The van der Waals surface area contributed by atoms with Crippen molar-refractivity contribution in [2.24, 2.45) is 0 Å². The zero-order chi connectivity index (χ0) is 11.2. The average molecular weight is 225 g/mol. The summed E-state index contributed by atoms with van der Waals surface area (Å²) in [6.45, 7) is 2.57. The van der Waals surface area contributed by atoms with Gasteiger partial charge in [0.15, 0.2) is 0 Å². The lowest BCUT2D eigenvalue weighted by Crippen LogP contribution is -2.14. The number of methoxy groups -OCH3 is 1. The lowest BCUT2D eigenvalue weighted by Gasteiger charge is -2.01. The molecule has 4 heteroatoms. The number of nitrogens with one attached hydrogen (secondary N) is 1. The standard InChI is InChI=1S/C12H19NO3/c1-14-6-7-15-9-12-5-4-11(16-12)8-13-10-2-3-10/h4-5,10,13H,2-3,6-9H2,1H3. The fraction of sp³-hybridized carbons (Fsp3) is 0.667. The van der Waals surface area contributed by atoms with Crippen molar-refractivity contribution < 1.29 is 13.9 Å². The maximum Gasteiger partial charge on any atom is 0.129 e. The summed E-state index contributed by atoms with van der Waals surface area (Å²) in [4.78, 5) is 0. The van der Waals surface area contributed by atoms with E-state index >= 15 is 0 Å². The second-order valence-corrected chi connectivity index (χ2v) is 4.07. The Morgan fingerprint density at radius 3 is 2.88 bits per heavy atom. The molecule has 0 saturated heterocycles.